The number of nitrogens with one attached hydrogen (secondary N) is 1. The number of rotatable bonds is 4. The van der Waals surface area contributed by atoms with Gasteiger partial charge in [0.1, 0.15) is 0 Å². The summed E-state index contributed by atoms with van der Waals surface area (Å²) in [6.45, 7) is 1.33. The molecular weight excluding hydrogens is 272 g/mol. The maximum atomic E-state index is 12.2. The number of methoxy groups -OCH3 is 1. The molecule has 0 atom stereocenters. The molecule has 0 saturated carbocycles. The summed E-state index contributed by atoms with van der Waals surface area (Å²) in [6, 6.07) is 6.94. The molecule has 0 bridgehead atoms. The van der Waals surface area contributed by atoms with Crippen molar-refractivity contribution >= 4 is 11.9 Å². The molecular formula is C15H20N2O4. The van der Waals surface area contributed by atoms with Crippen LogP contribution in [0.5, 0.6) is 0 Å². The number of nitrogens with two attached hydrogens (primary N) is 1. The Morgan fingerprint density at radius 1 is 1.38 bits per heavy atom. The van der Waals surface area contributed by atoms with E-state index in [1.54, 1.807) is 18.2 Å². The zero-order valence-electron chi connectivity index (χ0n) is 12.1. The average molecular weight is 292 g/mol. The van der Waals surface area contributed by atoms with Crippen molar-refractivity contribution in [3.63, 3.8) is 0 Å². The summed E-state index contributed by atoms with van der Waals surface area (Å²) in [4.78, 5) is 23.6. The van der Waals surface area contributed by atoms with E-state index in [9.17, 15) is 9.59 Å². The van der Waals surface area contributed by atoms with Gasteiger partial charge in [0.05, 0.1) is 18.2 Å². The summed E-state index contributed by atoms with van der Waals surface area (Å²) in [5.74, 6) is -0.586. The van der Waals surface area contributed by atoms with Crippen molar-refractivity contribution < 1.29 is 19.1 Å². The van der Waals surface area contributed by atoms with Gasteiger partial charge in [-0.25, -0.2) is 4.79 Å². The second-order valence-electron chi connectivity index (χ2n) is 5.14. The van der Waals surface area contributed by atoms with Gasteiger partial charge in [0, 0.05) is 19.8 Å². The molecule has 3 N–H and O–H groups in total. The summed E-state index contributed by atoms with van der Waals surface area (Å²) in [6.07, 6.45) is 1.03. The molecule has 1 aliphatic heterocycles. The predicted molar refractivity (Wildman–Crippen MR) is 76.6 cm³/mol. The first-order chi connectivity index (χ1) is 10.0. The topological polar surface area (TPSA) is 90.7 Å². The first-order valence-electron chi connectivity index (χ1n) is 6.87. The van der Waals surface area contributed by atoms with Crippen molar-refractivity contribution in [1.82, 2.24) is 5.32 Å². The van der Waals surface area contributed by atoms with Gasteiger partial charge in [-0.05, 0) is 30.5 Å². The highest BCUT2D eigenvalue weighted by molar-refractivity contribution is 5.89. The van der Waals surface area contributed by atoms with Gasteiger partial charge >= 0.3 is 5.97 Å². The summed E-state index contributed by atoms with van der Waals surface area (Å²) in [5, 5.41) is 2.82. The summed E-state index contributed by atoms with van der Waals surface area (Å²) in [5.41, 5.74) is 6.51. The molecule has 1 aromatic carbocycles. The number of amides is 1. The van der Waals surface area contributed by atoms with Crippen LogP contribution in [-0.4, -0.2) is 37.7 Å². The van der Waals surface area contributed by atoms with E-state index in [-0.39, 0.29) is 5.91 Å². The van der Waals surface area contributed by atoms with E-state index in [4.69, 9.17) is 10.5 Å². The Morgan fingerprint density at radius 3 is 2.76 bits per heavy atom. The molecule has 0 aliphatic carbocycles. The molecule has 1 aromatic rings. The lowest BCUT2D eigenvalue weighted by Crippen LogP contribution is -2.56. The molecule has 6 nitrogen and oxygen atoms in total. The normalized spacial score (nSPS) is 17.0. The van der Waals surface area contributed by atoms with Gasteiger partial charge in [0.15, 0.2) is 0 Å². The first-order valence-corrected chi connectivity index (χ1v) is 6.87. The zero-order valence-corrected chi connectivity index (χ0v) is 12.1. The van der Waals surface area contributed by atoms with Crippen LogP contribution in [-0.2, 0) is 20.8 Å². The minimum Gasteiger partial charge on any atom is -0.465 e. The quantitative estimate of drug-likeness (QED) is 0.793. The van der Waals surface area contributed by atoms with Gasteiger partial charge in [0.25, 0.3) is 0 Å². The lowest BCUT2D eigenvalue weighted by Gasteiger charge is -2.31. The number of hydrogen-bond donors (Lipinski definition) is 2. The standard InChI is InChI=1S/C15H20N2O4/c1-20-13(18)12-4-2-3-11(9-12)10-17-14(19)15(16)5-7-21-8-6-15/h2-4,9H,5-8,10,16H2,1H3,(H,17,19). The predicted octanol–water partition coefficient (Wildman–Crippen LogP) is 0.597. The van der Waals surface area contributed by atoms with Crippen molar-refractivity contribution in [1.29, 1.82) is 0 Å². The number of carbonyl (C=O) groups excluding carboxylic acids is 2. The summed E-state index contributed by atoms with van der Waals surface area (Å²) < 4.78 is 9.89. The van der Waals surface area contributed by atoms with Gasteiger partial charge in [-0.1, -0.05) is 12.1 Å². The number of benzene rings is 1. The molecule has 21 heavy (non-hydrogen) atoms. The third-order valence-corrected chi connectivity index (χ3v) is 3.64. The average Bonchev–Trinajstić information content (AvgIpc) is 2.52. The van der Waals surface area contributed by atoms with Crippen LogP contribution < -0.4 is 11.1 Å². The molecule has 1 saturated heterocycles. The summed E-state index contributed by atoms with van der Waals surface area (Å²) in [7, 11) is 1.33. The molecule has 1 amide bonds. The maximum absolute atomic E-state index is 12.2. The van der Waals surface area contributed by atoms with Crippen molar-refractivity contribution in [2.24, 2.45) is 5.73 Å². The second-order valence-corrected chi connectivity index (χ2v) is 5.14. The third-order valence-electron chi connectivity index (χ3n) is 3.64. The molecule has 0 aromatic heterocycles. The van der Waals surface area contributed by atoms with Crippen LogP contribution in [0.3, 0.4) is 0 Å². The van der Waals surface area contributed by atoms with Crippen molar-refractivity contribution in [3.8, 4) is 0 Å². The lowest BCUT2D eigenvalue weighted by atomic mass is 9.90. The Balaban J connectivity index is 1.96. The fraction of sp³-hybridized carbons (Fsp3) is 0.467. The monoisotopic (exact) mass is 292 g/mol. The van der Waals surface area contributed by atoms with Crippen LogP contribution in [0.2, 0.25) is 0 Å². The largest absolute Gasteiger partial charge is 0.465 e. The van der Waals surface area contributed by atoms with E-state index in [2.05, 4.69) is 10.1 Å². The van der Waals surface area contributed by atoms with E-state index in [1.807, 2.05) is 6.07 Å². The van der Waals surface area contributed by atoms with Crippen molar-refractivity contribution in [2.75, 3.05) is 20.3 Å². The van der Waals surface area contributed by atoms with Gasteiger partial charge < -0.3 is 20.5 Å². The molecule has 1 aliphatic rings. The van der Waals surface area contributed by atoms with Gasteiger partial charge in [-0.3, -0.25) is 4.79 Å². The molecule has 2 rings (SSSR count). The van der Waals surface area contributed by atoms with Gasteiger partial charge in [-0.2, -0.15) is 0 Å². The zero-order chi connectivity index (χ0) is 15.3. The smallest absolute Gasteiger partial charge is 0.337 e. The fourth-order valence-electron chi connectivity index (χ4n) is 2.25. The van der Waals surface area contributed by atoms with Crippen molar-refractivity contribution in [2.45, 2.75) is 24.9 Å². The molecule has 0 spiro atoms. The van der Waals surface area contributed by atoms with Crippen LogP contribution in [0.25, 0.3) is 0 Å². The van der Waals surface area contributed by atoms with Crippen molar-refractivity contribution in [3.05, 3.63) is 35.4 Å². The lowest BCUT2D eigenvalue weighted by molar-refractivity contribution is -0.129. The van der Waals surface area contributed by atoms with E-state index >= 15 is 0 Å². The molecule has 0 radical (unpaired) electrons. The number of carbonyl (C=O) groups is 2. The SMILES string of the molecule is COC(=O)c1cccc(CNC(=O)C2(N)CCOCC2)c1. The molecule has 0 unspecified atom stereocenters. The highest BCUT2D eigenvalue weighted by atomic mass is 16.5. The number of hydrogen-bond acceptors (Lipinski definition) is 5. The highest BCUT2D eigenvalue weighted by Crippen LogP contribution is 2.18. The Bertz CT molecular complexity index is 524. The highest BCUT2D eigenvalue weighted by Gasteiger charge is 2.35. The van der Waals surface area contributed by atoms with Crippen LogP contribution in [0.4, 0.5) is 0 Å². The molecule has 6 heteroatoms. The van der Waals surface area contributed by atoms with E-state index in [1.165, 1.54) is 7.11 Å². The van der Waals surface area contributed by atoms with Crippen LogP contribution in [0.15, 0.2) is 24.3 Å². The number of esters is 1. The second kappa shape index (κ2) is 6.69. The van der Waals surface area contributed by atoms with E-state index < -0.39 is 11.5 Å². The number of ether oxygens (including phenoxy) is 2. The Hall–Kier alpha value is -1.92. The minimum atomic E-state index is -0.863. The summed E-state index contributed by atoms with van der Waals surface area (Å²) >= 11 is 0. The van der Waals surface area contributed by atoms with Crippen LogP contribution in [0.1, 0.15) is 28.8 Å². The first kappa shape index (κ1) is 15.5. The molecule has 1 fully saturated rings. The van der Waals surface area contributed by atoms with Gasteiger partial charge in [0.2, 0.25) is 5.91 Å². The Morgan fingerprint density at radius 2 is 2.10 bits per heavy atom. The third kappa shape index (κ3) is 3.80. The fourth-order valence-corrected chi connectivity index (χ4v) is 2.25. The van der Waals surface area contributed by atoms with E-state index in [0.29, 0.717) is 38.2 Å². The van der Waals surface area contributed by atoms with Crippen LogP contribution >= 0.6 is 0 Å². The van der Waals surface area contributed by atoms with Gasteiger partial charge in [-0.15, -0.1) is 0 Å². The minimum absolute atomic E-state index is 0.186. The molecule has 114 valence electrons. The van der Waals surface area contributed by atoms with E-state index in [0.717, 1.165) is 5.56 Å². The Kier molecular flexibility index (Phi) is 4.93. The van der Waals surface area contributed by atoms with Crippen LogP contribution in [0, 0.1) is 0 Å². The molecule has 1 heterocycles. The maximum Gasteiger partial charge on any atom is 0.337 e. The Labute approximate surface area is 123 Å².